The number of nitrogens with zero attached hydrogens (tertiary/aromatic N) is 2. The Kier molecular flexibility index (Phi) is 3.59. The van der Waals surface area contributed by atoms with E-state index < -0.39 is 11.6 Å². The third-order valence-corrected chi connectivity index (χ3v) is 4.05. The van der Waals surface area contributed by atoms with Crippen molar-refractivity contribution in [1.29, 1.82) is 0 Å². The lowest BCUT2D eigenvalue weighted by Gasteiger charge is -2.11. The first-order chi connectivity index (χ1) is 11.2. The topological polar surface area (TPSA) is 49.8 Å². The summed E-state index contributed by atoms with van der Waals surface area (Å²) in [5.74, 6) is 0.711. The van der Waals surface area contributed by atoms with Gasteiger partial charge in [-0.25, -0.2) is 13.8 Å². The fourth-order valence-electron chi connectivity index (χ4n) is 2.53. The largest absolute Gasteiger partial charge is 0.366 e. The van der Waals surface area contributed by atoms with E-state index in [-0.39, 0.29) is 0 Å². The molecule has 0 aliphatic heterocycles. The maximum absolute atomic E-state index is 13.2. The van der Waals surface area contributed by atoms with Crippen LogP contribution in [-0.2, 0) is 6.54 Å². The zero-order valence-electron chi connectivity index (χ0n) is 12.6. The van der Waals surface area contributed by atoms with Crippen molar-refractivity contribution in [2.75, 3.05) is 10.6 Å². The fraction of sp³-hybridized carbons (Fsp3) is 0.412. The Morgan fingerprint density at radius 1 is 0.957 bits per heavy atom. The Morgan fingerprint density at radius 3 is 2.35 bits per heavy atom. The lowest BCUT2D eigenvalue weighted by Crippen LogP contribution is -2.10. The maximum Gasteiger partial charge on any atom is 0.225 e. The van der Waals surface area contributed by atoms with Crippen molar-refractivity contribution >= 4 is 11.8 Å². The first kappa shape index (κ1) is 14.4. The number of aromatic nitrogens is 2. The van der Waals surface area contributed by atoms with Crippen molar-refractivity contribution in [3.8, 4) is 0 Å². The molecular weight excluding hydrogens is 298 g/mol. The van der Waals surface area contributed by atoms with Gasteiger partial charge in [0.2, 0.25) is 5.95 Å². The second-order valence-corrected chi connectivity index (χ2v) is 6.33. The molecule has 0 amide bonds. The second kappa shape index (κ2) is 5.76. The molecule has 4 rings (SSSR count). The summed E-state index contributed by atoms with van der Waals surface area (Å²) in [6.45, 7) is 0.318. The van der Waals surface area contributed by atoms with E-state index in [1.165, 1.54) is 12.1 Å². The standard InChI is InChI=1S/C17H18F2N4/c18-12-5-10(6-13(19)7-12)9-20-16-8-15(11-1-2-11)22-17(23-16)21-14-3-4-14/h5-8,11,14H,1-4,9H2,(H2,20,21,22,23). The van der Waals surface area contributed by atoms with Crippen molar-refractivity contribution in [2.24, 2.45) is 0 Å². The van der Waals surface area contributed by atoms with Crippen LogP contribution in [0.5, 0.6) is 0 Å². The molecule has 0 unspecified atom stereocenters. The van der Waals surface area contributed by atoms with Crippen LogP contribution in [-0.4, -0.2) is 16.0 Å². The third-order valence-electron chi connectivity index (χ3n) is 4.05. The van der Waals surface area contributed by atoms with E-state index in [4.69, 9.17) is 0 Å². The summed E-state index contributed by atoms with van der Waals surface area (Å²) in [6.07, 6.45) is 4.63. The van der Waals surface area contributed by atoms with Gasteiger partial charge in [0.25, 0.3) is 0 Å². The van der Waals surface area contributed by atoms with Crippen LogP contribution >= 0.6 is 0 Å². The highest BCUT2D eigenvalue weighted by Gasteiger charge is 2.27. The summed E-state index contributed by atoms with van der Waals surface area (Å²) < 4.78 is 26.5. The number of anilines is 2. The summed E-state index contributed by atoms with van der Waals surface area (Å²) in [4.78, 5) is 9.04. The molecule has 2 aromatic rings. The Bertz CT molecular complexity index is 706. The summed E-state index contributed by atoms with van der Waals surface area (Å²) in [5.41, 5.74) is 1.59. The predicted octanol–water partition coefficient (Wildman–Crippen LogP) is 3.82. The zero-order valence-corrected chi connectivity index (χ0v) is 12.6. The molecule has 2 fully saturated rings. The van der Waals surface area contributed by atoms with Gasteiger partial charge in [-0.05, 0) is 43.4 Å². The van der Waals surface area contributed by atoms with Gasteiger partial charge in [-0.3, -0.25) is 0 Å². The van der Waals surface area contributed by atoms with E-state index in [9.17, 15) is 8.78 Å². The molecule has 0 saturated heterocycles. The summed E-state index contributed by atoms with van der Waals surface area (Å²) >= 11 is 0. The minimum atomic E-state index is -0.570. The molecule has 0 spiro atoms. The van der Waals surface area contributed by atoms with E-state index >= 15 is 0 Å². The Labute approximate surface area is 133 Å². The second-order valence-electron chi connectivity index (χ2n) is 6.33. The average Bonchev–Trinajstić information content (AvgIpc) is 3.36. The molecule has 120 valence electrons. The van der Waals surface area contributed by atoms with E-state index in [1.54, 1.807) is 0 Å². The normalized spacial score (nSPS) is 17.1. The van der Waals surface area contributed by atoms with Crippen molar-refractivity contribution in [1.82, 2.24) is 9.97 Å². The number of hydrogen-bond acceptors (Lipinski definition) is 4. The van der Waals surface area contributed by atoms with Gasteiger partial charge in [0, 0.05) is 30.6 Å². The molecule has 1 aromatic heterocycles. The van der Waals surface area contributed by atoms with Crippen LogP contribution in [0.1, 0.15) is 42.9 Å². The van der Waals surface area contributed by atoms with Gasteiger partial charge in [-0.2, -0.15) is 4.98 Å². The highest BCUT2D eigenvalue weighted by Crippen LogP contribution is 2.40. The fourth-order valence-corrected chi connectivity index (χ4v) is 2.53. The Morgan fingerprint density at radius 2 is 1.70 bits per heavy atom. The molecule has 0 radical (unpaired) electrons. The number of nitrogens with one attached hydrogen (secondary N) is 2. The molecule has 2 N–H and O–H groups in total. The highest BCUT2D eigenvalue weighted by atomic mass is 19.1. The van der Waals surface area contributed by atoms with E-state index in [1.807, 2.05) is 6.07 Å². The van der Waals surface area contributed by atoms with Gasteiger partial charge < -0.3 is 10.6 Å². The van der Waals surface area contributed by atoms with Gasteiger partial charge in [0.15, 0.2) is 0 Å². The molecular formula is C17H18F2N4. The number of halogens is 2. The Balaban J connectivity index is 1.51. The lowest BCUT2D eigenvalue weighted by atomic mass is 10.2. The molecule has 0 atom stereocenters. The van der Waals surface area contributed by atoms with Crippen LogP contribution in [0, 0.1) is 11.6 Å². The van der Waals surface area contributed by atoms with Crippen molar-refractivity contribution in [3.05, 3.63) is 47.2 Å². The molecule has 4 nitrogen and oxygen atoms in total. The van der Waals surface area contributed by atoms with Crippen LogP contribution in [0.2, 0.25) is 0 Å². The molecule has 6 heteroatoms. The van der Waals surface area contributed by atoms with Crippen molar-refractivity contribution < 1.29 is 8.78 Å². The van der Waals surface area contributed by atoms with Crippen LogP contribution in [0.4, 0.5) is 20.5 Å². The van der Waals surface area contributed by atoms with Gasteiger partial charge in [0.1, 0.15) is 17.5 Å². The predicted molar refractivity (Wildman–Crippen MR) is 84.3 cm³/mol. The number of benzene rings is 1. The van der Waals surface area contributed by atoms with E-state index in [0.717, 1.165) is 37.4 Å². The van der Waals surface area contributed by atoms with Crippen LogP contribution in [0.3, 0.4) is 0 Å². The lowest BCUT2D eigenvalue weighted by molar-refractivity contribution is 0.580. The van der Waals surface area contributed by atoms with Crippen LogP contribution < -0.4 is 10.6 Å². The number of rotatable bonds is 6. The monoisotopic (exact) mass is 316 g/mol. The zero-order chi connectivity index (χ0) is 15.8. The minimum absolute atomic E-state index is 0.318. The SMILES string of the molecule is Fc1cc(F)cc(CNc2cc(C3CC3)nc(NC3CC3)n2)c1. The molecule has 2 saturated carbocycles. The average molecular weight is 316 g/mol. The van der Waals surface area contributed by atoms with Gasteiger partial charge in [0.05, 0.1) is 5.69 Å². The van der Waals surface area contributed by atoms with Crippen LogP contribution in [0.25, 0.3) is 0 Å². The highest BCUT2D eigenvalue weighted by molar-refractivity contribution is 5.45. The summed E-state index contributed by atoms with van der Waals surface area (Å²) in [7, 11) is 0. The molecule has 1 heterocycles. The molecule has 0 bridgehead atoms. The smallest absolute Gasteiger partial charge is 0.225 e. The minimum Gasteiger partial charge on any atom is -0.366 e. The summed E-state index contributed by atoms with van der Waals surface area (Å²) in [6, 6.07) is 5.93. The van der Waals surface area contributed by atoms with Gasteiger partial charge in [-0.1, -0.05) is 0 Å². The summed E-state index contributed by atoms with van der Waals surface area (Å²) in [5, 5.41) is 6.46. The van der Waals surface area contributed by atoms with Gasteiger partial charge >= 0.3 is 0 Å². The van der Waals surface area contributed by atoms with Gasteiger partial charge in [-0.15, -0.1) is 0 Å². The number of hydrogen-bond donors (Lipinski definition) is 2. The van der Waals surface area contributed by atoms with Crippen LogP contribution in [0.15, 0.2) is 24.3 Å². The first-order valence-electron chi connectivity index (χ1n) is 8.00. The first-order valence-corrected chi connectivity index (χ1v) is 8.00. The van der Waals surface area contributed by atoms with E-state index in [0.29, 0.717) is 35.8 Å². The van der Waals surface area contributed by atoms with Crippen molar-refractivity contribution in [3.63, 3.8) is 0 Å². The molecule has 2 aliphatic rings. The quantitative estimate of drug-likeness (QED) is 0.850. The third kappa shape index (κ3) is 3.75. The van der Waals surface area contributed by atoms with Crippen molar-refractivity contribution in [2.45, 2.75) is 44.2 Å². The maximum atomic E-state index is 13.2. The molecule has 23 heavy (non-hydrogen) atoms. The van der Waals surface area contributed by atoms with E-state index in [2.05, 4.69) is 20.6 Å². The Hall–Kier alpha value is -2.24. The molecule has 2 aliphatic carbocycles. The molecule has 1 aromatic carbocycles.